The van der Waals surface area contributed by atoms with E-state index >= 15 is 0 Å². The van der Waals surface area contributed by atoms with E-state index in [1.807, 2.05) is 84.9 Å². The average Bonchev–Trinajstić information content (AvgIpc) is 3.32. The van der Waals surface area contributed by atoms with Crippen molar-refractivity contribution in [1.82, 2.24) is 10.2 Å². The average molecular weight is 438 g/mol. The summed E-state index contributed by atoms with van der Waals surface area (Å²) in [5.41, 5.74) is 3.87. The van der Waals surface area contributed by atoms with Crippen molar-refractivity contribution < 1.29 is 9.21 Å². The van der Waals surface area contributed by atoms with Crippen molar-refractivity contribution in [3.05, 3.63) is 97.1 Å². The second-order valence-corrected chi connectivity index (χ2v) is 8.11. The second-order valence-electron chi connectivity index (χ2n) is 7.18. The number of nitrogens with one attached hydrogen (secondary N) is 1. The van der Waals surface area contributed by atoms with Gasteiger partial charge < -0.3 is 9.73 Å². The molecule has 0 aliphatic heterocycles. The van der Waals surface area contributed by atoms with Crippen LogP contribution in [-0.2, 0) is 4.79 Å². The Labute approximate surface area is 189 Å². The van der Waals surface area contributed by atoms with Gasteiger partial charge in [-0.15, -0.1) is 10.2 Å². The Kier molecular flexibility index (Phi) is 5.68. The summed E-state index contributed by atoms with van der Waals surface area (Å²) >= 11 is 1.22. The molecule has 4 aromatic carbocycles. The first-order valence-corrected chi connectivity index (χ1v) is 11.1. The van der Waals surface area contributed by atoms with Gasteiger partial charge in [0.1, 0.15) is 0 Å². The maximum Gasteiger partial charge on any atom is 0.277 e. The van der Waals surface area contributed by atoms with Crippen LogP contribution in [0.5, 0.6) is 0 Å². The molecule has 0 aliphatic carbocycles. The molecule has 0 atom stereocenters. The standard InChI is InChI=1S/C26H19N3O2S/c30-24(27-21-15-13-19(14-16-21)18-7-2-1-3-8-18)17-32-26-29-28-25(31-26)23-12-6-10-20-9-4-5-11-22(20)23/h1-16H,17H2,(H,27,30). The molecule has 0 spiro atoms. The van der Waals surface area contributed by atoms with Gasteiger partial charge in [-0.25, -0.2) is 0 Å². The number of thioether (sulfide) groups is 1. The number of hydrogen-bond acceptors (Lipinski definition) is 5. The van der Waals surface area contributed by atoms with Crippen LogP contribution >= 0.6 is 11.8 Å². The van der Waals surface area contributed by atoms with Crippen LogP contribution in [-0.4, -0.2) is 21.9 Å². The van der Waals surface area contributed by atoms with Gasteiger partial charge in [0.05, 0.1) is 5.75 Å². The van der Waals surface area contributed by atoms with Crippen LogP contribution < -0.4 is 5.32 Å². The third-order valence-electron chi connectivity index (χ3n) is 5.03. The van der Waals surface area contributed by atoms with E-state index in [1.54, 1.807) is 0 Å². The number of carbonyl (C=O) groups is 1. The molecule has 0 unspecified atom stereocenters. The van der Waals surface area contributed by atoms with Crippen LogP contribution in [0.1, 0.15) is 0 Å². The molecule has 1 N–H and O–H groups in total. The van der Waals surface area contributed by atoms with Gasteiger partial charge in [0.15, 0.2) is 0 Å². The first kappa shape index (κ1) is 20.0. The molecule has 0 aliphatic rings. The Hall–Kier alpha value is -3.90. The first-order chi connectivity index (χ1) is 15.8. The molecule has 0 saturated carbocycles. The van der Waals surface area contributed by atoms with Crippen molar-refractivity contribution in [3.8, 4) is 22.6 Å². The molecule has 1 heterocycles. The molecule has 5 aromatic rings. The number of hydrogen-bond donors (Lipinski definition) is 1. The van der Waals surface area contributed by atoms with E-state index in [4.69, 9.17) is 4.42 Å². The third kappa shape index (κ3) is 4.40. The maximum atomic E-state index is 12.4. The summed E-state index contributed by atoms with van der Waals surface area (Å²) in [6.45, 7) is 0. The molecule has 0 radical (unpaired) electrons. The first-order valence-electron chi connectivity index (χ1n) is 10.2. The van der Waals surface area contributed by atoms with Crippen LogP contribution in [0.3, 0.4) is 0 Å². The van der Waals surface area contributed by atoms with Gasteiger partial charge in [-0.3, -0.25) is 4.79 Å². The Morgan fingerprint density at radius 1 is 0.781 bits per heavy atom. The zero-order valence-corrected chi connectivity index (χ0v) is 17.9. The molecule has 1 aromatic heterocycles. The van der Waals surface area contributed by atoms with E-state index < -0.39 is 0 Å². The molecule has 32 heavy (non-hydrogen) atoms. The zero-order chi connectivity index (χ0) is 21.8. The Morgan fingerprint density at radius 2 is 1.50 bits per heavy atom. The number of rotatable bonds is 6. The summed E-state index contributed by atoms with van der Waals surface area (Å²) < 4.78 is 5.80. The van der Waals surface area contributed by atoms with Gasteiger partial charge in [-0.1, -0.05) is 90.6 Å². The van der Waals surface area contributed by atoms with E-state index in [2.05, 4.69) is 27.6 Å². The highest BCUT2D eigenvalue weighted by molar-refractivity contribution is 7.99. The Balaban J connectivity index is 1.21. The lowest BCUT2D eigenvalue weighted by Crippen LogP contribution is -2.13. The lowest BCUT2D eigenvalue weighted by atomic mass is 10.0. The smallest absolute Gasteiger partial charge is 0.277 e. The van der Waals surface area contributed by atoms with E-state index in [9.17, 15) is 4.79 Å². The Morgan fingerprint density at radius 3 is 2.34 bits per heavy atom. The summed E-state index contributed by atoms with van der Waals surface area (Å²) in [6, 6.07) is 31.9. The topological polar surface area (TPSA) is 68.0 Å². The van der Waals surface area contributed by atoms with Crippen LogP contribution in [0.4, 0.5) is 5.69 Å². The van der Waals surface area contributed by atoms with Crippen molar-refractivity contribution in [3.63, 3.8) is 0 Å². The lowest BCUT2D eigenvalue weighted by molar-refractivity contribution is -0.113. The van der Waals surface area contributed by atoms with Crippen molar-refractivity contribution in [1.29, 1.82) is 0 Å². The van der Waals surface area contributed by atoms with Crippen molar-refractivity contribution in [2.24, 2.45) is 0 Å². The summed E-state index contributed by atoms with van der Waals surface area (Å²) in [7, 11) is 0. The minimum atomic E-state index is -0.132. The van der Waals surface area contributed by atoms with Gasteiger partial charge in [0, 0.05) is 11.3 Å². The molecule has 1 amide bonds. The van der Waals surface area contributed by atoms with Crippen molar-refractivity contribution >= 4 is 34.1 Å². The monoisotopic (exact) mass is 437 g/mol. The molecular formula is C26H19N3O2S. The number of amides is 1. The third-order valence-corrected chi connectivity index (χ3v) is 5.85. The highest BCUT2D eigenvalue weighted by Gasteiger charge is 2.13. The fourth-order valence-corrected chi connectivity index (χ4v) is 4.05. The van der Waals surface area contributed by atoms with E-state index in [-0.39, 0.29) is 11.7 Å². The normalized spacial score (nSPS) is 10.9. The number of carbonyl (C=O) groups excluding carboxylic acids is 1. The largest absolute Gasteiger partial charge is 0.411 e. The molecule has 6 heteroatoms. The van der Waals surface area contributed by atoms with Gasteiger partial charge in [0.25, 0.3) is 5.22 Å². The predicted octanol–water partition coefficient (Wildman–Crippen LogP) is 6.29. The van der Waals surface area contributed by atoms with Gasteiger partial charge in [0.2, 0.25) is 11.8 Å². The minimum Gasteiger partial charge on any atom is -0.411 e. The predicted molar refractivity (Wildman–Crippen MR) is 128 cm³/mol. The fourth-order valence-electron chi connectivity index (χ4n) is 3.49. The summed E-state index contributed by atoms with van der Waals surface area (Å²) in [6.07, 6.45) is 0. The van der Waals surface area contributed by atoms with Gasteiger partial charge >= 0.3 is 0 Å². The maximum absolute atomic E-state index is 12.4. The Bertz CT molecular complexity index is 1360. The second kappa shape index (κ2) is 9.08. The number of nitrogens with zero attached hydrogens (tertiary/aromatic N) is 2. The lowest BCUT2D eigenvalue weighted by Gasteiger charge is -2.06. The minimum absolute atomic E-state index is 0.132. The fraction of sp³-hybridized carbons (Fsp3) is 0.0385. The van der Waals surface area contributed by atoms with Gasteiger partial charge in [-0.2, -0.15) is 0 Å². The SMILES string of the molecule is O=C(CSc1nnc(-c2cccc3ccccc23)o1)Nc1ccc(-c2ccccc2)cc1. The molecule has 0 bridgehead atoms. The summed E-state index contributed by atoms with van der Waals surface area (Å²) in [5.74, 6) is 0.492. The molecule has 5 nitrogen and oxygen atoms in total. The summed E-state index contributed by atoms with van der Waals surface area (Å²) in [5, 5.41) is 13.7. The van der Waals surface area contributed by atoms with Crippen LogP contribution in [0.2, 0.25) is 0 Å². The van der Waals surface area contributed by atoms with Crippen LogP contribution in [0, 0.1) is 0 Å². The highest BCUT2D eigenvalue weighted by atomic mass is 32.2. The van der Waals surface area contributed by atoms with E-state index in [1.165, 1.54) is 11.8 Å². The number of benzene rings is 4. The number of fused-ring (bicyclic) bond motifs is 1. The highest BCUT2D eigenvalue weighted by Crippen LogP contribution is 2.29. The molecule has 156 valence electrons. The van der Waals surface area contributed by atoms with Crippen LogP contribution in [0.25, 0.3) is 33.4 Å². The van der Waals surface area contributed by atoms with Gasteiger partial charge in [-0.05, 0) is 40.1 Å². The molecule has 5 rings (SSSR count). The quantitative estimate of drug-likeness (QED) is 0.316. The van der Waals surface area contributed by atoms with E-state index in [0.29, 0.717) is 11.1 Å². The molecule has 0 saturated heterocycles. The molecular weight excluding hydrogens is 418 g/mol. The summed E-state index contributed by atoms with van der Waals surface area (Å²) in [4.78, 5) is 12.4. The zero-order valence-electron chi connectivity index (χ0n) is 17.1. The number of aromatic nitrogens is 2. The van der Waals surface area contributed by atoms with E-state index in [0.717, 1.165) is 33.2 Å². The van der Waals surface area contributed by atoms with Crippen LogP contribution in [0.15, 0.2) is 107 Å². The van der Waals surface area contributed by atoms with Crippen molar-refractivity contribution in [2.45, 2.75) is 5.22 Å². The van der Waals surface area contributed by atoms with Crippen molar-refractivity contribution in [2.75, 3.05) is 11.1 Å². The molecule has 0 fully saturated rings. The number of anilines is 1.